The van der Waals surface area contributed by atoms with Crippen LogP contribution < -0.4 is 26.0 Å². The van der Waals surface area contributed by atoms with E-state index in [0.717, 1.165) is 10.5 Å². The number of fused-ring (bicyclic) bond motifs is 7. The van der Waals surface area contributed by atoms with Crippen LogP contribution in [0, 0.1) is 0 Å². The zero-order chi connectivity index (χ0) is 45.0. The van der Waals surface area contributed by atoms with Crippen molar-refractivity contribution in [1.29, 1.82) is 0 Å². The number of nitrogens with one attached hydrogen (secondary N) is 4. The Bertz CT molecular complexity index is 2410. The molecule has 5 amide bonds. The van der Waals surface area contributed by atoms with Gasteiger partial charge in [0.15, 0.2) is 12.4 Å². The van der Waals surface area contributed by atoms with Gasteiger partial charge in [-0.15, -0.1) is 0 Å². The number of hydrogen-bond donors (Lipinski definition) is 6. The van der Waals surface area contributed by atoms with Gasteiger partial charge in [-0.1, -0.05) is 74.0 Å². The number of benzene rings is 3. The van der Waals surface area contributed by atoms with Crippen LogP contribution >= 0.6 is 11.6 Å². The summed E-state index contributed by atoms with van der Waals surface area (Å²) in [7, 11) is 1.38. The van der Waals surface area contributed by atoms with Gasteiger partial charge in [0.05, 0.1) is 5.70 Å². The lowest BCUT2D eigenvalue weighted by atomic mass is 9.90. The quantitative estimate of drug-likeness (QED) is 0.130. The van der Waals surface area contributed by atoms with Gasteiger partial charge in [-0.25, -0.2) is 4.79 Å². The van der Waals surface area contributed by atoms with Gasteiger partial charge in [0.2, 0.25) is 17.7 Å². The topological polar surface area (TPSA) is 221 Å². The third kappa shape index (κ3) is 9.57. The van der Waals surface area contributed by atoms with Crippen molar-refractivity contribution in [3.8, 4) is 22.6 Å². The number of aliphatic carboxylic acids is 1. The molecule has 0 saturated heterocycles. The molecule has 1 aliphatic heterocycles. The molecule has 1 heterocycles. The van der Waals surface area contributed by atoms with Crippen LogP contribution in [0.4, 0.5) is 0 Å². The van der Waals surface area contributed by atoms with Gasteiger partial charge in [-0.05, 0) is 79.3 Å². The Morgan fingerprint density at radius 1 is 1.00 bits per heavy atom. The molecule has 2 aliphatic carbocycles. The van der Waals surface area contributed by atoms with Crippen LogP contribution in [0.1, 0.15) is 81.0 Å². The number of carboxylic acids is 1. The summed E-state index contributed by atoms with van der Waals surface area (Å²) in [5.74, 6) is -6.07. The average Bonchev–Trinajstić information content (AvgIpc) is 3.97. The lowest BCUT2D eigenvalue weighted by Crippen LogP contribution is -2.57. The fourth-order valence-corrected chi connectivity index (χ4v) is 7.90. The maximum Gasteiger partial charge on any atom is 0.341 e. The molecule has 6 N–H and O–H groups in total. The highest BCUT2D eigenvalue weighted by atomic mass is 35.5. The van der Waals surface area contributed by atoms with Gasteiger partial charge in [0.25, 0.3) is 11.8 Å². The highest BCUT2D eigenvalue weighted by molar-refractivity contribution is 6.30. The van der Waals surface area contributed by atoms with Crippen molar-refractivity contribution in [1.82, 2.24) is 26.2 Å². The molecule has 3 aromatic carbocycles. The fraction of sp³-hybridized carbons (Fsp3) is 0.326. The van der Waals surface area contributed by atoms with Gasteiger partial charge < -0.3 is 41.1 Å². The number of halogens is 1. The predicted octanol–water partition coefficient (Wildman–Crippen LogP) is 4.71. The lowest BCUT2D eigenvalue weighted by molar-refractivity contribution is -0.142. The maximum atomic E-state index is 14.5. The van der Waals surface area contributed by atoms with Gasteiger partial charge in [-0.2, -0.15) is 0 Å². The van der Waals surface area contributed by atoms with Gasteiger partial charge in [0.1, 0.15) is 35.2 Å². The number of hydrogen-bond acceptors (Lipinski definition) is 9. The van der Waals surface area contributed by atoms with Gasteiger partial charge >= 0.3 is 5.97 Å². The molecular weight excluding hydrogens is 818 g/mol. The van der Waals surface area contributed by atoms with Gasteiger partial charge in [0, 0.05) is 47.5 Å². The van der Waals surface area contributed by atoms with Crippen molar-refractivity contribution in [3.05, 3.63) is 118 Å². The maximum absolute atomic E-state index is 14.5. The zero-order valence-corrected chi connectivity index (χ0v) is 35.4. The number of carbonyl (C=O) groups excluding carboxylic acids is 6. The second kappa shape index (κ2) is 18.5. The molecule has 1 saturated carbocycles. The summed E-state index contributed by atoms with van der Waals surface area (Å²) in [6, 6.07) is 12.5. The van der Waals surface area contributed by atoms with E-state index in [-0.39, 0.29) is 52.6 Å². The summed E-state index contributed by atoms with van der Waals surface area (Å²) in [5, 5.41) is 32.1. The Morgan fingerprint density at radius 3 is 2.32 bits per heavy atom. The van der Waals surface area contributed by atoms with Crippen LogP contribution in [0.15, 0.2) is 96.7 Å². The molecule has 0 spiro atoms. The second-order valence-corrected chi connectivity index (χ2v) is 16.2. The Balaban J connectivity index is 1.37. The molecule has 6 atom stereocenters. The van der Waals surface area contributed by atoms with E-state index >= 15 is 0 Å². The first-order valence-corrected chi connectivity index (χ1v) is 20.5. The number of carbonyl (C=O) groups is 7. The number of ketones is 1. The van der Waals surface area contributed by atoms with E-state index in [0.29, 0.717) is 29.0 Å². The highest BCUT2D eigenvalue weighted by Crippen LogP contribution is 2.53. The molecule has 6 rings (SSSR count). The normalized spacial score (nSPS) is 21.9. The van der Waals surface area contributed by atoms with Crippen LogP contribution in [0.5, 0.6) is 11.5 Å². The molecule has 1 fully saturated rings. The Hall–Kier alpha value is -6.74. The largest absolute Gasteiger partial charge is 0.507 e. The summed E-state index contributed by atoms with van der Waals surface area (Å²) in [6.45, 7) is 7.33. The van der Waals surface area contributed by atoms with Crippen molar-refractivity contribution >= 4 is 52.9 Å². The van der Waals surface area contributed by atoms with Crippen LogP contribution in [-0.4, -0.2) is 87.7 Å². The lowest BCUT2D eigenvalue weighted by Gasteiger charge is -2.32. The van der Waals surface area contributed by atoms with Crippen LogP contribution in [0.2, 0.25) is 5.02 Å². The monoisotopic (exact) mass is 865 g/mol. The third-order valence-electron chi connectivity index (χ3n) is 11.4. The van der Waals surface area contributed by atoms with Crippen molar-refractivity contribution < 1.29 is 48.5 Å². The predicted molar refractivity (Wildman–Crippen MR) is 229 cm³/mol. The number of phenolic OH excluding ortho intramolecular Hbond substituents is 1. The highest BCUT2D eigenvalue weighted by Gasteiger charge is 2.62. The van der Waals surface area contributed by atoms with E-state index in [4.69, 9.17) is 16.3 Å². The molecule has 16 heteroatoms. The number of nitrogens with zero attached hydrogens (tertiary/aromatic N) is 1. The number of ether oxygens (including phenoxy) is 1. The Kier molecular flexibility index (Phi) is 13.4. The number of phenols is 1. The van der Waals surface area contributed by atoms with Crippen molar-refractivity contribution in [2.45, 2.75) is 82.0 Å². The van der Waals surface area contributed by atoms with Crippen molar-refractivity contribution in [3.63, 3.8) is 0 Å². The van der Waals surface area contributed by atoms with Crippen LogP contribution in [0.3, 0.4) is 0 Å². The minimum Gasteiger partial charge on any atom is -0.507 e. The summed E-state index contributed by atoms with van der Waals surface area (Å²) in [4.78, 5) is 95.1. The second-order valence-electron chi connectivity index (χ2n) is 15.7. The third-order valence-corrected chi connectivity index (χ3v) is 11.6. The molecule has 2 unspecified atom stereocenters. The van der Waals surface area contributed by atoms with E-state index < -0.39 is 77.5 Å². The number of carboxylic acid groups (broad SMARTS) is 1. The molecular formula is C46H48ClN5O10. The molecule has 62 heavy (non-hydrogen) atoms. The van der Waals surface area contributed by atoms with E-state index in [2.05, 4.69) is 27.8 Å². The number of Topliss-reactive ketones (excluding diaryl/α,β-unsaturated/α-hetero) is 1. The number of rotatable bonds is 13. The molecule has 3 aliphatic rings. The number of likely N-dealkylation sites (N-methyl/N-ethyl adjacent to an activating group) is 1. The van der Waals surface area contributed by atoms with Crippen LogP contribution in [0.25, 0.3) is 11.1 Å². The molecule has 3 aromatic rings. The molecule has 0 radical (unpaired) electrons. The van der Waals surface area contributed by atoms with Crippen molar-refractivity contribution in [2.24, 2.45) is 0 Å². The standard InChI is InChI=1S/C46H48ClN5O10/c1-6-7-36(50-42(58)29-10-8-27(9-11-29)28-12-16-32(47)17-13-28)44(60)52(5)40-31-15-19-38(62-23-39(55)56)34(21-31)33-20-30(14-18-37(33)54)35-22-46(35,45(61)49-24(2)26(4)53)51-41(57)25(3)48-43(40)59/h8,10-21,25,27,35-36,40,54H,2,6-7,9,22-23H2,1,3-5H3,(H,48,59)(H,49,61)(H,50,58)(H,51,57)(H,55,56)/t25-,27?,35?,36-,40-,46+/m0/s1. The first kappa shape index (κ1) is 44.8. The first-order chi connectivity index (χ1) is 29.4. The average molecular weight is 866 g/mol. The van der Waals surface area contributed by atoms with E-state index in [1.54, 1.807) is 36.4 Å². The SMILES string of the molecule is C=C(NC(=O)[C@@]12CC1c1ccc(O)c(c1)-c1cc(ccc1OCC(=O)O)[C@H](N(C)C(=O)[C@H](CCC)NC(=O)C1=CCC(c3ccc(Cl)cc3)C=C1)C(=O)N[C@@H](C)C(=O)N2)C(C)=O. The molecule has 4 bridgehead atoms. The van der Waals surface area contributed by atoms with E-state index in [1.165, 1.54) is 45.2 Å². The van der Waals surface area contributed by atoms with E-state index in [9.17, 15) is 43.8 Å². The van der Waals surface area contributed by atoms with Crippen LogP contribution in [-0.2, 0) is 33.6 Å². The van der Waals surface area contributed by atoms with Crippen molar-refractivity contribution in [2.75, 3.05) is 13.7 Å². The minimum absolute atomic E-state index is 0.0197. The fourth-order valence-electron chi connectivity index (χ4n) is 7.77. The van der Waals surface area contributed by atoms with Gasteiger partial charge in [-0.3, -0.25) is 28.8 Å². The zero-order valence-electron chi connectivity index (χ0n) is 34.6. The smallest absolute Gasteiger partial charge is 0.341 e. The summed E-state index contributed by atoms with van der Waals surface area (Å²) in [6.07, 6.45) is 6.70. The molecule has 0 aromatic heterocycles. The summed E-state index contributed by atoms with van der Waals surface area (Å²) in [5.41, 5.74) is 0.568. The number of aromatic hydroxyl groups is 1. The molecule has 15 nitrogen and oxygen atoms in total. The number of allylic oxidation sites excluding steroid dienone is 3. The molecule has 324 valence electrons. The first-order valence-electron chi connectivity index (χ1n) is 20.1. The van der Waals surface area contributed by atoms with E-state index in [1.807, 2.05) is 25.1 Å². The summed E-state index contributed by atoms with van der Waals surface area (Å²) >= 11 is 6.06. The minimum atomic E-state index is -1.60. The Labute approximate surface area is 363 Å². The number of amides is 5. The Morgan fingerprint density at radius 2 is 1.68 bits per heavy atom. The summed E-state index contributed by atoms with van der Waals surface area (Å²) < 4.78 is 5.65.